The first kappa shape index (κ1) is 18.5. The Labute approximate surface area is 142 Å². The Bertz CT molecular complexity index is 731. The fourth-order valence-electron chi connectivity index (χ4n) is 2.13. The molecular weight excluding hydrogens is 334 g/mol. The fraction of sp³-hybridized carbons (Fsp3) is 0.500. The Morgan fingerprint density at radius 3 is 2.96 bits per heavy atom. The zero-order valence-corrected chi connectivity index (χ0v) is 13.8. The van der Waals surface area contributed by atoms with Crippen LogP contribution < -0.4 is 16.6 Å². The number of hydrogen-bond donors (Lipinski definition) is 6. The number of nitrogens with two attached hydrogens (primary N) is 1. The lowest BCUT2D eigenvalue weighted by molar-refractivity contribution is -0.138. The molecule has 0 aliphatic carbocycles. The van der Waals surface area contributed by atoms with Gasteiger partial charge in [-0.3, -0.25) is 9.59 Å². The lowest BCUT2D eigenvalue weighted by Gasteiger charge is -2.16. The van der Waals surface area contributed by atoms with Gasteiger partial charge in [0.05, 0.1) is 18.5 Å². The lowest BCUT2D eigenvalue weighted by Crippen LogP contribution is -2.35. The number of nitrogens with one attached hydrogen (secondary N) is 3. The summed E-state index contributed by atoms with van der Waals surface area (Å²) in [6.45, 7) is 0.408. The Morgan fingerprint density at radius 2 is 2.25 bits per heavy atom. The second-order valence-corrected chi connectivity index (χ2v) is 6.49. The minimum Gasteiger partial charge on any atom is -0.480 e. The van der Waals surface area contributed by atoms with Gasteiger partial charge in [-0.2, -0.15) is 11.8 Å². The van der Waals surface area contributed by atoms with Crippen LogP contribution in [0.25, 0.3) is 11.0 Å². The SMILES string of the molecule is N[C@@H](CCSCC(CO)NCc1c[nH]c2c(=O)[nH]cnc12)C(=O)O. The molecule has 24 heavy (non-hydrogen) atoms. The molecule has 132 valence electrons. The van der Waals surface area contributed by atoms with Gasteiger partial charge in [-0.25, -0.2) is 4.98 Å². The van der Waals surface area contributed by atoms with Crippen LogP contribution >= 0.6 is 11.8 Å². The molecule has 0 amide bonds. The molecule has 0 saturated heterocycles. The molecule has 2 heterocycles. The van der Waals surface area contributed by atoms with Crippen LogP contribution in [0.5, 0.6) is 0 Å². The van der Waals surface area contributed by atoms with E-state index in [1.165, 1.54) is 18.1 Å². The van der Waals surface area contributed by atoms with Crippen molar-refractivity contribution in [3.05, 3.63) is 28.4 Å². The molecule has 0 bridgehead atoms. The lowest BCUT2D eigenvalue weighted by atomic mass is 10.2. The van der Waals surface area contributed by atoms with Crippen molar-refractivity contribution in [2.24, 2.45) is 5.73 Å². The largest absolute Gasteiger partial charge is 0.480 e. The molecule has 1 unspecified atom stereocenters. The van der Waals surface area contributed by atoms with Gasteiger partial charge < -0.3 is 31.2 Å². The molecule has 0 aliphatic heterocycles. The summed E-state index contributed by atoms with van der Waals surface area (Å²) in [5.41, 5.74) is 7.07. The van der Waals surface area contributed by atoms with Gasteiger partial charge in [0.15, 0.2) is 0 Å². The van der Waals surface area contributed by atoms with Crippen LogP contribution in [-0.2, 0) is 11.3 Å². The molecule has 2 rings (SSSR count). The molecule has 9 nitrogen and oxygen atoms in total. The van der Waals surface area contributed by atoms with Gasteiger partial charge in [-0.15, -0.1) is 0 Å². The summed E-state index contributed by atoms with van der Waals surface area (Å²) in [5.74, 6) is 0.226. The number of carboxylic acids is 1. The Morgan fingerprint density at radius 1 is 1.46 bits per heavy atom. The van der Waals surface area contributed by atoms with Crippen molar-refractivity contribution < 1.29 is 15.0 Å². The molecule has 7 N–H and O–H groups in total. The first-order valence-electron chi connectivity index (χ1n) is 7.47. The van der Waals surface area contributed by atoms with Crippen LogP contribution in [0.15, 0.2) is 17.3 Å². The predicted octanol–water partition coefficient (Wildman–Crippen LogP) is -0.763. The quantitative estimate of drug-likeness (QED) is 0.303. The summed E-state index contributed by atoms with van der Waals surface area (Å²) >= 11 is 1.53. The van der Waals surface area contributed by atoms with Crippen molar-refractivity contribution in [2.75, 3.05) is 18.1 Å². The number of rotatable bonds is 10. The highest BCUT2D eigenvalue weighted by Crippen LogP contribution is 2.12. The number of hydrogen-bond acceptors (Lipinski definition) is 7. The standard InChI is InChI=1S/C14H21N5O4S/c15-10(14(22)23)1-2-24-6-9(5-20)16-3-8-4-17-12-11(8)18-7-19-13(12)21/h4,7,9-10,16-17,20H,1-3,5-6,15H2,(H,22,23)(H,18,19,21)/t9?,10-/m0/s1. The highest BCUT2D eigenvalue weighted by Gasteiger charge is 2.13. The van der Waals surface area contributed by atoms with E-state index < -0.39 is 12.0 Å². The third kappa shape index (κ3) is 4.81. The van der Waals surface area contributed by atoms with Gasteiger partial charge in [0, 0.05) is 30.1 Å². The molecule has 2 aromatic rings. The Hall–Kier alpha value is -1.88. The molecule has 0 radical (unpaired) electrons. The van der Waals surface area contributed by atoms with E-state index in [1.807, 2.05) is 0 Å². The number of nitrogens with zero attached hydrogens (tertiary/aromatic N) is 1. The van der Waals surface area contributed by atoms with Crippen LogP contribution in [0.1, 0.15) is 12.0 Å². The summed E-state index contributed by atoms with van der Waals surface area (Å²) in [5, 5.41) is 21.4. The maximum absolute atomic E-state index is 11.6. The second kappa shape index (κ2) is 8.83. The molecule has 10 heteroatoms. The zero-order valence-electron chi connectivity index (χ0n) is 13.0. The Balaban J connectivity index is 1.81. The molecule has 0 aliphatic rings. The molecule has 0 spiro atoms. The number of aromatic nitrogens is 3. The van der Waals surface area contributed by atoms with Gasteiger partial charge in [0.1, 0.15) is 11.6 Å². The van der Waals surface area contributed by atoms with E-state index >= 15 is 0 Å². The van der Waals surface area contributed by atoms with Gasteiger partial charge in [0.25, 0.3) is 5.56 Å². The smallest absolute Gasteiger partial charge is 0.320 e. The number of thioether (sulfide) groups is 1. The van der Waals surface area contributed by atoms with Crippen LogP contribution in [0.3, 0.4) is 0 Å². The number of aromatic amines is 2. The normalized spacial score (nSPS) is 13.9. The minimum atomic E-state index is -1.01. The van der Waals surface area contributed by atoms with Crippen molar-refractivity contribution in [3.63, 3.8) is 0 Å². The number of fused-ring (bicyclic) bond motifs is 1. The van der Waals surface area contributed by atoms with Gasteiger partial charge in [-0.1, -0.05) is 0 Å². The first-order chi connectivity index (χ1) is 11.5. The van der Waals surface area contributed by atoms with E-state index in [0.29, 0.717) is 35.5 Å². The van der Waals surface area contributed by atoms with E-state index in [9.17, 15) is 14.7 Å². The molecule has 2 aromatic heterocycles. The number of H-pyrrole nitrogens is 2. The number of aliphatic hydroxyl groups excluding tert-OH is 1. The van der Waals surface area contributed by atoms with Crippen LogP contribution in [0, 0.1) is 0 Å². The van der Waals surface area contributed by atoms with E-state index in [2.05, 4.69) is 20.3 Å². The fourth-order valence-corrected chi connectivity index (χ4v) is 3.22. The van der Waals surface area contributed by atoms with E-state index in [0.717, 1.165) is 5.56 Å². The third-order valence-electron chi connectivity index (χ3n) is 3.56. The van der Waals surface area contributed by atoms with E-state index in [1.54, 1.807) is 6.20 Å². The monoisotopic (exact) mass is 355 g/mol. The summed E-state index contributed by atoms with van der Waals surface area (Å²) in [4.78, 5) is 31.8. The van der Waals surface area contributed by atoms with Gasteiger partial charge >= 0.3 is 5.97 Å². The van der Waals surface area contributed by atoms with Gasteiger partial charge in [0.2, 0.25) is 0 Å². The highest BCUT2D eigenvalue weighted by atomic mass is 32.2. The summed E-state index contributed by atoms with van der Waals surface area (Å²) in [7, 11) is 0. The van der Waals surface area contributed by atoms with Crippen molar-refractivity contribution in [3.8, 4) is 0 Å². The molecule has 2 atom stereocenters. The number of carboxylic acid groups (broad SMARTS) is 1. The second-order valence-electron chi connectivity index (χ2n) is 5.34. The van der Waals surface area contributed by atoms with Crippen molar-refractivity contribution in [2.45, 2.75) is 25.0 Å². The molecule has 0 saturated carbocycles. The van der Waals surface area contributed by atoms with Crippen molar-refractivity contribution in [1.82, 2.24) is 20.3 Å². The van der Waals surface area contributed by atoms with Crippen molar-refractivity contribution >= 4 is 28.8 Å². The third-order valence-corrected chi connectivity index (χ3v) is 4.72. The van der Waals surface area contributed by atoms with Crippen LogP contribution in [-0.4, -0.2) is 61.3 Å². The molecular formula is C14H21N5O4S. The van der Waals surface area contributed by atoms with Crippen LogP contribution in [0.2, 0.25) is 0 Å². The number of aliphatic hydroxyl groups is 1. The number of aliphatic carboxylic acids is 1. The summed E-state index contributed by atoms with van der Waals surface area (Å²) < 4.78 is 0. The first-order valence-corrected chi connectivity index (χ1v) is 8.62. The van der Waals surface area contributed by atoms with Crippen LogP contribution in [0.4, 0.5) is 0 Å². The maximum atomic E-state index is 11.6. The average Bonchev–Trinajstić information content (AvgIpc) is 2.98. The van der Waals surface area contributed by atoms with E-state index in [-0.39, 0.29) is 18.2 Å². The minimum absolute atomic E-state index is 0.0473. The topological polar surface area (TPSA) is 157 Å². The predicted molar refractivity (Wildman–Crippen MR) is 92.0 cm³/mol. The van der Waals surface area contributed by atoms with E-state index in [4.69, 9.17) is 10.8 Å². The summed E-state index contributed by atoms with van der Waals surface area (Å²) in [6, 6.07) is -1.00. The Kier molecular flexibility index (Phi) is 6.79. The zero-order chi connectivity index (χ0) is 17.5. The highest BCUT2D eigenvalue weighted by molar-refractivity contribution is 7.99. The molecule has 0 fully saturated rings. The molecule has 0 aromatic carbocycles. The summed E-state index contributed by atoms with van der Waals surface area (Å²) in [6.07, 6.45) is 3.45. The van der Waals surface area contributed by atoms with Gasteiger partial charge in [-0.05, 0) is 12.2 Å². The van der Waals surface area contributed by atoms with Crippen molar-refractivity contribution in [1.29, 1.82) is 0 Å². The average molecular weight is 355 g/mol. The maximum Gasteiger partial charge on any atom is 0.320 e. The number of carbonyl (C=O) groups is 1.